The number of nitrogens with zero attached hydrogens (tertiary/aromatic N) is 1. The number of amides is 2. The number of aromatic nitrogens is 1. The Morgan fingerprint density at radius 1 is 1.08 bits per heavy atom. The van der Waals surface area contributed by atoms with E-state index in [1.54, 1.807) is 36.4 Å². The third-order valence-electron chi connectivity index (χ3n) is 3.52. The first-order valence-electron chi connectivity index (χ1n) is 7.99. The maximum absolute atomic E-state index is 12.4. The summed E-state index contributed by atoms with van der Waals surface area (Å²) in [6, 6.07) is 9.88. The smallest absolute Gasteiger partial charge is 0.274 e. The van der Waals surface area contributed by atoms with E-state index in [1.165, 1.54) is 0 Å². The van der Waals surface area contributed by atoms with Gasteiger partial charge in [-0.3, -0.25) is 9.59 Å². The molecule has 2 N–H and O–H groups in total. The molecule has 2 heterocycles. The van der Waals surface area contributed by atoms with Crippen LogP contribution in [0, 0.1) is 5.92 Å². The van der Waals surface area contributed by atoms with Gasteiger partial charge in [-0.1, -0.05) is 19.9 Å². The van der Waals surface area contributed by atoms with Crippen molar-refractivity contribution in [1.82, 2.24) is 10.3 Å². The molecule has 0 unspecified atom stereocenters. The molecule has 0 spiro atoms. The average Bonchev–Trinajstić information content (AvgIpc) is 3.07. The van der Waals surface area contributed by atoms with Crippen LogP contribution >= 0.6 is 0 Å². The van der Waals surface area contributed by atoms with Gasteiger partial charge in [0.25, 0.3) is 11.8 Å². The quantitative estimate of drug-likeness (QED) is 0.872. The van der Waals surface area contributed by atoms with E-state index in [0.717, 1.165) is 0 Å². The molecule has 25 heavy (non-hydrogen) atoms. The SMILES string of the molecule is CC(C)CNC(=O)c1cccc(C(=O)Nc2ccc3c(c2)OCO3)n1. The number of hydrogen-bond donors (Lipinski definition) is 2. The summed E-state index contributed by atoms with van der Waals surface area (Å²) in [4.78, 5) is 28.6. The average molecular weight is 341 g/mol. The first-order chi connectivity index (χ1) is 12.0. The van der Waals surface area contributed by atoms with Crippen molar-refractivity contribution in [2.24, 2.45) is 5.92 Å². The van der Waals surface area contributed by atoms with Gasteiger partial charge in [-0.25, -0.2) is 4.98 Å². The number of nitrogens with one attached hydrogen (secondary N) is 2. The van der Waals surface area contributed by atoms with Crippen LogP contribution in [0.1, 0.15) is 34.8 Å². The molecule has 3 rings (SSSR count). The van der Waals surface area contributed by atoms with Crippen molar-refractivity contribution in [3.63, 3.8) is 0 Å². The second kappa shape index (κ2) is 7.21. The molecule has 0 fully saturated rings. The molecule has 1 aliphatic rings. The van der Waals surface area contributed by atoms with E-state index in [0.29, 0.717) is 29.6 Å². The topological polar surface area (TPSA) is 89.6 Å². The van der Waals surface area contributed by atoms with Gasteiger partial charge in [0.1, 0.15) is 11.4 Å². The van der Waals surface area contributed by atoms with E-state index in [-0.39, 0.29) is 24.1 Å². The maximum atomic E-state index is 12.4. The van der Waals surface area contributed by atoms with E-state index in [2.05, 4.69) is 15.6 Å². The lowest BCUT2D eigenvalue weighted by Crippen LogP contribution is -2.28. The van der Waals surface area contributed by atoms with Gasteiger partial charge in [-0.15, -0.1) is 0 Å². The Balaban J connectivity index is 1.70. The minimum atomic E-state index is -0.405. The van der Waals surface area contributed by atoms with Gasteiger partial charge in [0.15, 0.2) is 11.5 Å². The van der Waals surface area contributed by atoms with Crippen LogP contribution in [0.3, 0.4) is 0 Å². The van der Waals surface area contributed by atoms with Crippen LogP contribution < -0.4 is 20.1 Å². The lowest BCUT2D eigenvalue weighted by Gasteiger charge is -2.09. The second-order valence-electron chi connectivity index (χ2n) is 6.03. The van der Waals surface area contributed by atoms with Crippen molar-refractivity contribution in [2.45, 2.75) is 13.8 Å². The van der Waals surface area contributed by atoms with Crippen LogP contribution in [0.5, 0.6) is 11.5 Å². The maximum Gasteiger partial charge on any atom is 0.274 e. The highest BCUT2D eigenvalue weighted by molar-refractivity contribution is 6.04. The summed E-state index contributed by atoms with van der Waals surface area (Å²) in [5.74, 6) is 0.845. The third kappa shape index (κ3) is 4.06. The number of ether oxygens (including phenoxy) is 2. The number of pyridine rings is 1. The molecule has 0 radical (unpaired) electrons. The van der Waals surface area contributed by atoms with Crippen LogP contribution in [0.15, 0.2) is 36.4 Å². The van der Waals surface area contributed by atoms with Crippen LogP contribution in [-0.4, -0.2) is 30.1 Å². The lowest BCUT2D eigenvalue weighted by atomic mass is 10.2. The fraction of sp³-hybridized carbons (Fsp3) is 0.278. The molecular formula is C18H19N3O4. The van der Waals surface area contributed by atoms with E-state index in [4.69, 9.17) is 9.47 Å². The van der Waals surface area contributed by atoms with Crippen molar-refractivity contribution < 1.29 is 19.1 Å². The number of rotatable bonds is 5. The van der Waals surface area contributed by atoms with Gasteiger partial charge < -0.3 is 20.1 Å². The lowest BCUT2D eigenvalue weighted by molar-refractivity contribution is 0.0944. The Bertz CT molecular complexity index is 805. The zero-order chi connectivity index (χ0) is 17.8. The van der Waals surface area contributed by atoms with E-state index >= 15 is 0 Å². The largest absolute Gasteiger partial charge is 0.454 e. The van der Waals surface area contributed by atoms with Crippen molar-refractivity contribution in [3.8, 4) is 11.5 Å². The van der Waals surface area contributed by atoms with Crippen molar-refractivity contribution in [3.05, 3.63) is 47.8 Å². The second-order valence-corrected chi connectivity index (χ2v) is 6.03. The Labute approximate surface area is 145 Å². The predicted molar refractivity (Wildman–Crippen MR) is 91.9 cm³/mol. The number of hydrogen-bond acceptors (Lipinski definition) is 5. The molecule has 0 bridgehead atoms. The molecule has 130 valence electrons. The Hall–Kier alpha value is -3.09. The normalized spacial score (nSPS) is 12.1. The van der Waals surface area contributed by atoms with Gasteiger partial charge >= 0.3 is 0 Å². The summed E-state index contributed by atoms with van der Waals surface area (Å²) in [5.41, 5.74) is 0.930. The van der Waals surface area contributed by atoms with Gasteiger partial charge in [-0.2, -0.15) is 0 Å². The fourth-order valence-corrected chi connectivity index (χ4v) is 2.24. The molecule has 7 heteroatoms. The van der Waals surface area contributed by atoms with E-state index < -0.39 is 5.91 Å². The van der Waals surface area contributed by atoms with Gasteiger partial charge in [0.2, 0.25) is 6.79 Å². The van der Waals surface area contributed by atoms with Crippen molar-refractivity contribution in [2.75, 3.05) is 18.7 Å². The molecule has 0 atom stereocenters. The Morgan fingerprint density at radius 3 is 2.56 bits per heavy atom. The first kappa shape index (κ1) is 16.8. The fourth-order valence-electron chi connectivity index (χ4n) is 2.24. The minimum absolute atomic E-state index is 0.162. The summed E-state index contributed by atoms with van der Waals surface area (Å²) < 4.78 is 10.5. The minimum Gasteiger partial charge on any atom is -0.454 e. The molecular weight excluding hydrogens is 322 g/mol. The zero-order valence-electron chi connectivity index (χ0n) is 14.0. The van der Waals surface area contributed by atoms with E-state index in [9.17, 15) is 9.59 Å². The number of carbonyl (C=O) groups is 2. The highest BCUT2D eigenvalue weighted by Crippen LogP contribution is 2.34. The summed E-state index contributed by atoms with van der Waals surface area (Å²) in [5, 5.41) is 5.51. The molecule has 7 nitrogen and oxygen atoms in total. The third-order valence-corrected chi connectivity index (χ3v) is 3.52. The molecule has 2 amide bonds. The summed E-state index contributed by atoms with van der Waals surface area (Å²) >= 11 is 0. The van der Waals surface area contributed by atoms with Crippen LogP contribution in [0.2, 0.25) is 0 Å². The van der Waals surface area contributed by atoms with Crippen LogP contribution in [0.25, 0.3) is 0 Å². The van der Waals surface area contributed by atoms with Gasteiger partial charge in [0, 0.05) is 18.3 Å². The first-order valence-corrected chi connectivity index (χ1v) is 7.99. The molecule has 1 aromatic carbocycles. The summed E-state index contributed by atoms with van der Waals surface area (Å²) in [6.45, 7) is 4.72. The van der Waals surface area contributed by atoms with Crippen molar-refractivity contribution >= 4 is 17.5 Å². The molecule has 0 saturated heterocycles. The highest BCUT2D eigenvalue weighted by atomic mass is 16.7. The molecule has 2 aromatic rings. The Morgan fingerprint density at radius 2 is 1.80 bits per heavy atom. The van der Waals surface area contributed by atoms with Crippen LogP contribution in [0.4, 0.5) is 5.69 Å². The summed E-state index contributed by atoms with van der Waals surface area (Å²) in [7, 11) is 0. The predicted octanol–water partition coefficient (Wildman–Crippen LogP) is 2.45. The van der Waals surface area contributed by atoms with Crippen LogP contribution in [-0.2, 0) is 0 Å². The standard InChI is InChI=1S/C18H19N3O4/c1-11(2)9-19-17(22)13-4-3-5-14(21-13)18(23)20-12-6-7-15-16(8-12)25-10-24-15/h3-8,11H,9-10H2,1-2H3,(H,19,22)(H,20,23). The highest BCUT2D eigenvalue weighted by Gasteiger charge is 2.16. The molecule has 0 saturated carbocycles. The number of benzene rings is 1. The number of anilines is 1. The zero-order valence-corrected chi connectivity index (χ0v) is 14.0. The van der Waals surface area contributed by atoms with Gasteiger partial charge in [0.05, 0.1) is 0 Å². The van der Waals surface area contributed by atoms with Gasteiger partial charge in [-0.05, 0) is 30.2 Å². The molecule has 1 aliphatic heterocycles. The monoisotopic (exact) mass is 341 g/mol. The molecule has 0 aliphatic carbocycles. The number of carbonyl (C=O) groups excluding carboxylic acids is 2. The summed E-state index contributed by atoms with van der Waals surface area (Å²) in [6.07, 6.45) is 0. The molecule has 1 aromatic heterocycles. The van der Waals surface area contributed by atoms with Crippen molar-refractivity contribution in [1.29, 1.82) is 0 Å². The van der Waals surface area contributed by atoms with E-state index in [1.807, 2.05) is 13.8 Å². The number of fused-ring (bicyclic) bond motifs is 1. The Kier molecular flexibility index (Phi) is 4.83.